The van der Waals surface area contributed by atoms with Crippen LogP contribution >= 0.6 is 0 Å². The summed E-state index contributed by atoms with van der Waals surface area (Å²) in [5.74, 6) is 0.939. The van der Waals surface area contributed by atoms with Gasteiger partial charge in [0, 0.05) is 24.7 Å². The Morgan fingerprint density at radius 2 is 1.85 bits per heavy atom. The number of nitrogens with two attached hydrogens (primary N) is 1. The Morgan fingerprint density at radius 1 is 1.15 bits per heavy atom. The zero-order valence-corrected chi connectivity index (χ0v) is 18.8. The lowest BCUT2D eigenvalue weighted by molar-refractivity contribution is -0.384. The highest BCUT2D eigenvalue weighted by molar-refractivity contribution is 7.89. The van der Waals surface area contributed by atoms with Crippen LogP contribution in [0.15, 0.2) is 63.7 Å². The second-order valence-electron chi connectivity index (χ2n) is 7.68. The Kier molecular flexibility index (Phi) is 6.20. The average molecular weight is 470 g/mol. The van der Waals surface area contributed by atoms with Gasteiger partial charge in [-0.05, 0) is 44.0 Å². The third-order valence-corrected chi connectivity index (χ3v) is 6.35. The molecule has 0 saturated carbocycles. The zero-order chi connectivity index (χ0) is 23.6. The maximum absolute atomic E-state index is 11.5. The molecule has 1 aromatic heterocycles. The number of azo groups is 1. The quantitative estimate of drug-likeness (QED) is 0.317. The van der Waals surface area contributed by atoms with Crippen molar-refractivity contribution in [2.24, 2.45) is 15.4 Å². The number of rotatable bonds is 7. The molecule has 1 fully saturated rings. The van der Waals surface area contributed by atoms with E-state index in [-0.39, 0.29) is 17.1 Å². The molecule has 11 nitrogen and oxygen atoms in total. The van der Waals surface area contributed by atoms with Crippen LogP contribution < -0.4 is 10.0 Å². The standard InChI is InChI=1S/C21H23N7O4S/c1-15-18(14-23-24-19-10-9-17(33(22,31)32)13-20(19)28(29)30)21(26-11-5-6-12-26)27(25-15)16-7-3-2-4-8-16/h2-4,7-10,13H,5-6,11-12,14H2,1H3,(H2,22,31,32). The summed E-state index contributed by atoms with van der Waals surface area (Å²) < 4.78 is 24.9. The molecular weight excluding hydrogens is 446 g/mol. The van der Waals surface area contributed by atoms with E-state index in [9.17, 15) is 18.5 Å². The molecule has 33 heavy (non-hydrogen) atoms. The van der Waals surface area contributed by atoms with Crippen molar-refractivity contribution >= 4 is 27.2 Å². The maximum Gasteiger partial charge on any atom is 0.298 e. The van der Waals surface area contributed by atoms with E-state index in [4.69, 9.17) is 10.2 Å². The van der Waals surface area contributed by atoms with Gasteiger partial charge in [0.1, 0.15) is 5.82 Å². The van der Waals surface area contributed by atoms with Crippen molar-refractivity contribution in [1.29, 1.82) is 0 Å². The fourth-order valence-corrected chi connectivity index (χ4v) is 4.36. The fraction of sp³-hybridized carbons (Fsp3) is 0.286. The lowest BCUT2D eigenvalue weighted by Gasteiger charge is -2.20. The monoisotopic (exact) mass is 469 g/mol. The lowest BCUT2D eigenvalue weighted by Crippen LogP contribution is -2.22. The number of aryl methyl sites for hydroxylation is 1. The normalized spacial score (nSPS) is 14.3. The topological polar surface area (TPSA) is 149 Å². The van der Waals surface area contributed by atoms with E-state index >= 15 is 0 Å². The summed E-state index contributed by atoms with van der Waals surface area (Å²) in [4.78, 5) is 12.6. The summed E-state index contributed by atoms with van der Waals surface area (Å²) in [6.45, 7) is 3.87. The number of aromatic nitrogens is 2. The molecule has 2 N–H and O–H groups in total. The molecule has 2 heterocycles. The van der Waals surface area contributed by atoms with Crippen LogP contribution in [0, 0.1) is 17.0 Å². The molecule has 2 aromatic carbocycles. The van der Waals surface area contributed by atoms with Crippen molar-refractivity contribution in [2.75, 3.05) is 18.0 Å². The van der Waals surface area contributed by atoms with Crippen LogP contribution in [-0.4, -0.2) is 36.2 Å². The first-order valence-corrected chi connectivity index (χ1v) is 11.9. The first-order valence-electron chi connectivity index (χ1n) is 10.3. The smallest absolute Gasteiger partial charge is 0.298 e. The lowest BCUT2D eigenvalue weighted by atomic mass is 10.2. The number of nitrogens with zero attached hydrogens (tertiary/aromatic N) is 6. The van der Waals surface area contributed by atoms with Gasteiger partial charge in [0.05, 0.1) is 27.7 Å². The van der Waals surface area contributed by atoms with E-state index < -0.39 is 20.6 Å². The van der Waals surface area contributed by atoms with Crippen molar-refractivity contribution in [2.45, 2.75) is 31.2 Å². The number of anilines is 1. The molecule has 1 saturated heterocycles. The zero-order valence-electron chi connectivity index (χ0n) is 18.0. The van der Waals surface area contributed by atoms with E-state index in [0.29, 0.717) is 0 Å². The summed E-state index contributed by atoms with van der Waals surface area (Å²) in [5, 5.41) is 29.5. The minimum atomic E-state index is -4.08. The van der Waals surface area contributed by atoms with Gasteiger partial charge in [-0.2, -0.15) is 10.2 Å². The number of hydrogen-bond acceptors (Lipinski definition) is 8. The molecule has 1 aliphatic heterocycles. The minimum absolute atomic E-state index is 0.0526. The van der Waals surface area contributed by atoms with E-state index in [2.05, 4.69) is 15.1 Å². The van der Waals surface area contributed by atoms with E-state index in [1.807, 2.05) is 41.9 Å². The summed E-state index contributed by atoms with van der Waals surface area (Å²) in [6, 6.07) is 13.1. The van der Waals surface area contributed by atoms with Crippen LogP contribution in [0.1, 0.15) is 24.1 Å². The van der Waals surface area contributed by atoms with Gasteiger partial charge in [0.15, 0.2) is 5.69 Å². The molecule has 0 unspecified atom stereocenters. The van der Waals surface area contributed by atoms with Gasteiger partial charge in [0.2, 0.25) is 10.0 Å². The number of primary sulfonamides is 1. The van der Waals surface area contributed by atoms with Crippen LogP contribution in [0.3, 0.4) is 0 Å². The highest BCUT2D eigenvalue weighted by atomic mass is 32.2. The van der Waals surface area contributed by atoms with Gasteiger partial charge < -0.3 is 4.90 Å². The van der Waals surface area contributed by atoms with Gasteiger partial charge in [-0.25, -0.2) is 18.2 Å². The third kappa shape index (κ3) is 4.76. The molecular formula is C21H23N7O4S. The summed E-state index contributed by atoms with van der Waals surface area (Å²) in [5.41, 5.74) is 2.07. The minimum Gasteiger partial charge on any atom is -0.356 e. The molecule has 0 bridgehead atoms. The Morgan fingerprint density at radius 3 is 2.48 bits per heavy atom. The van der Waals surface area contributed by atoms with Crippen LogP contribution in [0.2, 0.25) is 0 Å². The number of nitro benzene ring substituents is 1. The Bertz CT molecular complexity index is 1310. The average Bonchev–Trinajstić information content (AvgIpc) is 3.42. The highest BCUT2D eigenvalue weighted by Gasteiger charge is 2.24. The summed E-state index contributed by atoms with van der Waals surface area (Å²) >= 11 is 0. The molecule has 1 aliphatic rings. The molecule has 4 rings (SSSR count). The van der Waals surface area contributed by atoms with Crippen LogP contribution in [-0.2, 0) is 16.6 Å². The summed E-state index contributed by atoms with van der Waals surface area (Å²) in [6.07, 6.45) is 2.17. The van der Waals surface area contributed by atoms with Crippen molar-refractivity contribution in [3.8, 4) is 5.69 Å². The maximum atomic E-state index is 11.5. The molecule has 3 aromatic rings. The van der Waals surface area contributed by atoms with Crippen LogP contribution in [0.4, 0.5) is 17.2 Å². The first kappa shape index (κ1) is 22.6. The van der Waals surface area contributed by atoms with Gasteiger partial charge in [-0.3, -0.25) is 10.1 Å². The number of benzene rings is 2. The largest absolute Gasteiger partial charge is 0.356 e. The van der Waals surface area contributed by atoms with Gasteiger partial charge in [0.25, 0.3) is 5.69 Å². The molecule has 172 valence electrons. The number of para-hydroxylation sites is 1. The fourth-order valence-electron chi connectivity index (χ4n) is 3.83. The van der Waals surface area contributed by atoms with Gasteiger partial charge in [-0.15, -0.1) is 5.11 Å². The summed E-state index contributed by atoms with van der Waals surface area (Å²) in [7, 11) is -4.08. The van der Waals surface area contributed by atoms with Crippen molar-refractivity contribution in [3.63, 3.8) is 0 Å². The predicted molar refractivity (Wildman–Crippen MR) is 122 cm³/mol. The highest BCUT2D eigenvalue weighted by Crippen LogP contribution is 2.33. The van der Waals surface area contributed by atoms with Gasteiger partial charge >= 0.3 is 0 Å². The van der Waals surface area contributed by atoms with Crippen molar-refractivity contribution in [3.05, 3.63) is 69.9 Å². The van der Waals surface area contributed by atoms with Crippen molar-refractivity contribution in [1.82, 2.24) is 9.78 Å². The molecule has 0 amide bonds. The second-order valence-corrected chi connectivity index (χ2v) is 9.24. The first-order chi connectivity index (χ1) is 15.8. The van der Waals surface area contributed by atoms with Crippen LogP contribution in [0.5, 0.6) is 0 Å². The van der Waals surface area contributed by atoms with E-state index in [0.717, 1.165) is 54.8 Å². The van der Waals surface area contributed by atoms with E-state index in [1.54, 1.807) is 0 Å². The van der Waals surface area contributed by atoms with Crippen LogP contribution in [0.25, 0.3) is 5.69 Å². The number of sulfonamides is 1. The number of nitro groups is 1. The predicted octanol–water partition coefficient (Wildman–Crippen LogP) is 3.62. The number of hydrogen-bond donors (Lipinski definition) is 1. The molecule has 0 atom stereocenters. The Hall–Kier alpha value is -3.64. The SMILES string of the molecule is Cc1nn(-c2ccccc2)c(N2CCCC2)c1CN=Nc1ccc(S(N)(=O)=O)cc1[N+](=O)[O-]. The van der Waals surface area contributed by atoms with Gasteiger partial charge in [-0.1, -0.05) is 18.2 Å². The van der Waals surface area contributed by atoms with E-state index in [1.165, 1.54) is 12.1 Å². The Balaban J connectivity index is 1.69. The molecule has 0 radical (unpaired) electrons. The second kappa shape index (κ2) is 9.08. The molecule has 12 heteroatoms. The van der Waals surface area contributed by atoms with Crippen molar-refractivity contribution < 1.29 is 13.3 Å². The molecule has 0 aliphatic carbocycles. The third-order valence-electron chi connectivity index (χ3n) is 5.44. The Labute approximate surface area is 190 Å². The molecule has 0 spiro atoms.